The van der Waals surface area contributed by atoms with Crippen LogP contribution in [0.25, 0.3) is 0 Å². The van der Waals surface area contributed by atoms with E-state index in [0.29, 0.717) is 12.3 Å². The van der Waals surface area contributed by atoms with Crippen molar-refractivity contribution in [2.75, 3.05) is 20.8 Å². The lowest BCUT2D eigenvalue weighted by molar-refractivity contribution is -0.00520. The van der Waals surface area contributed by atoms with E-state index in [1.54, 1.807) is 14.2 Å². The first-order chi connectivity index (χ1) is 14.0. The second-order valence-electron chi connectivity index (χ2n) is 7.70. The number of hydrogen-bond acceptors (Lipinski definition) is 5. The van der Waals surface area contributed by atoms with Crippen LogP contribution in [0.4, 0.5) is 0 Å². The number of methoxy groups -OCH3 is 2. The summed E-state index contributed by atoms with van der Waals surface area (Å²) in [5.74, 6) is 3.06. The van der Waals surface area contributed by atoms with Crippen molar-refractivity contribution >= 4 is 0 Å². The molecule has 0 aliphatic heterocycles. The lowest BCUT2D eigenvalue weighted by atomic mass is 9.90. The van der Waals surface area contributed by atoms with Crippen LogP contribution in [0.5, 0.6) is 11.5 Å². The Hall–Kier alpha value is -1.98. The molecule has 0 fully saturated rings. The minimum atomic E-state index is -0.860. The van der Waals surface area contributed by atoms with Crippen LogP contribution in [0.2, 0.25) is 0 Å². The number of ether oxygens (including phenoxy) is 2. The van der Waals surface area contributed by atoms with E-state index in [2.05, 4.69) is 31.7 Å². The Labute approximate surface area is 175 Å². The minimum absolute atomic E-state index is 0.693. The highest BCUT2D eigenvalue weighted by Gasteiger charge is 2.31. The Kier molecular flexibility index (Phi) is 9.05. The molecule has 0 unspecified atom stereocenters. The SMILES string of the molecule is CCCN(Cc1ccc(OC)c(OC)c1)Cc1ccc(C(O)(CCC)CCC)o1. The van der Waals surface area contributed by atoms with Crippen LogP contribution >= 0.6 is 0 Å². The fourth-order valence-electron chi connectivity index (χ4n) is 3.90. The lowest BCUT2D eigenvalue weighted by Crippen LogP contribution is -2.25. The summed E-state index contributed by atoms with van der Waals surface area (Å²) in [6.07, 6.45) is 4.34. The first-order valence-corrected chi connectivity index (χ1v) is 10.7. The van der Waals surface area contributed by atoms with Crippen molar-refractivity contribution < 1.29 is 19.0 Å². The predicted molar refractivity (Wildman–Crippen MR) is 116 cm³/mol. The molecular formula is C24H37NO4. The average molecular weight is 404 g/mol. The van der Waals surface area contributed by atoms with Gasteiger partial charge >= 0.3 is 0 Å². The van der Waals surface area contributed by atoms with E-state index >= 15 is 0 Å². The van der Waals surface area contributed by atoms with Crippen molar-refractivity contribution in [3.05, 3.63) is 47.4 Å². The van der Waals surface area contributed by atoms with Gasteiger partial charge in [-0.3, -0.25) is 4.90 Å². The van der Waals surface area contributed by atoms with Gasteiger partial charge in [0.15, 0.2) is 11.5 Å². The second-order valence-corrected chi connectivity index (χ2v) is 7.70. The van der Waals surface area contributed by atoms with Crippen molar-refractivity contribution in [3.8, 4) is 11.5 Å². The van der Waals surface area contributed by atoms with Crippen LogP contribution < -0.4 is 9.47 Å². The normalized spacial score (nSPS) is 11.8. The monoisotopic (exact) mass is 403 g/mol. The molecular weight excluding hydrogens is 366 g/mol. The van der Waals surface area contributed by atoms with Gasteiger partial charge in [0.05, 0.1) is 20.8 Å². The van der Waals surface area contributed by atoms with Crippen molar-refractivity contribution in [2.24, 2.45) is 0 Å². The molecule has 0 aliphatic carbocycles. The molecule has 0 saturated carbocycles. The first-order valence-electron chi connectivity index (χ1n) is 10.7. The van der Waals surface area contributed by atoms with Crippen molar-refractivity contribution in [2.45, 2.75) is 71.6 Å². The minimum Gasteiger partial charge on any atom is -0.493 e. The van der Waals surface area contributed by atoms with Crippen molar-refractivity contribution in [1.29, 1.82) is 0 Å². The summed E-state index contributed by atoms with van der Waals surface area (Å²) in [5, 5.41) is 11.0. The van der Waals surface area contributed by atoms with E-state index in [4.69, 9.17) is 13.9 Å². The molecule has 0 bridgehead atoms. The number of rotatable bonds is 13. The molecule has 2 aromatic rings. The van der Waals surface area contributed by atoms with Crippen LogP contribution in [0.3, 0.4) is 0 Å². The largest absolute Gasteiger partial charge is 0.493 e. The molecule has 29 heavy (non-hydrogen) atoms. The summed E-state index contributed by atoms with van der Waals surface area (Å²) >= 11 is 0. The fraction of sp³-hybridized carbons (Fsp3) is 0.583. The maximum absolute atomic E-state index is 11.0. The highest BCUT2D eigenvalue weighted by molar-refractivity contribution is 5.42. The van der Waals surface area contributed by atoms with Crippen LogP contribution in [0, 0.1) is 0 Å². The van der Waals surface area contributed by atoms with E-state index in [-0.39, 0.29) is 0 Å². The molecule has 0 saturated heterocycles. The molecule has 1 heterocycles. The summed E-state index contributed by atoms with van der Waals surface area (Å²) < 4.78 is 16.9. The third kappa shape index (κ3) is 6.25. The van der Waals surface area contributed by atoms with Gasteiger partial charge in [-0.15, -0.1) is 0 Å². The number of furan rings is 1. The smallest absolute Gasteiger partial charge is 0.161 e. The van der Waals surface area contributed by atoms with Gasteiger partial charge in [-0.05, 0) is 55.6 Å². The van der Waals surface area contributed by atoms with Gasteiger partial charge in [0.25, 0.3) is 0 Å². The van der Waals surface area contributed by atoms with Gasteiger partial charge in [-0.25, -0.2) is 0 Å². The molecule has 0 radical (unpaired) electrons. The molecule has 1 aromatic carbocycles. The fourth-order valence-corrected chi connectivity index (χ4v) is 3.90. The Morgan fingerprint density at radius 1 is 0.897 bits per heavy atom. The number of benzene rings is 1. The van der Waals surface area contributed by atoms with Gasteiger partial charge in [-0.1, -0.05) is 39.7 Å². The molecule has 5 heteroatoms. The van der Waals surface area contributed by atoms with E-state index in [9.17, 15) is 5.11 Å². The number of nitrogens with zero attached hydrogens (tertiary/aromatic N) is 1. The third-order valence-corrected chi connectivity index (χ3v) is 5.22. The third-order valence-electron chi connectivity index (χ3n) is 5.22. The summed E-state index contributed by atoms with van der Waals surface area (Å²) in [7, 11) is 3.30. The molecule has 5 nitrogen and oxygen atoms in total. The topological polar surface area (TPSA) is 55.1 Å². The highest BCUT2D eigenvalue weighted by Crippen LogP contribution is 2.33. The molecule has 2 rings (SSSR count). The summed E-state index contributed by atoms with van der Waals surface area (Å²) in [4.78, 5) is 2.35. The molecule has 0 spiro atoms. The van der Waals surface area contributed by atoms with E-state index in [0.717, 1.165) is 68.0 Å². The molecule has 162 valence electrons. The maximum atomic E-state index is 11.0. The maximum Gasteiger partial charge on any atom is 0.161 e. The Balaban J connectivity index is 2.14. The molecule has 0 atom stereocenters. The zero-order valence-corrected chi connectivity index (χ0v) is 18.7. The number of aliphatic hydroxyl groups is 1. The average Bonchev–Trinajstić information content (AvgIpc) is 3.17. The molecule has 1 N–H and O–H groups in total. The van der Waals surface area contributed by atoms with Gasteiger partial charge in [0.1, 0.15) is 17.1 Å². The Bertz CT molecular complexity index is 734. The molecule has 0 aliphatic rings. The highest BCUT2D eigenvalue weighted by atomic mass is 16.5. The van der Waals surface area contributed by atoms with Gasteiger partial charge < -0.3 is 19.0 Å². The quantitative estimate of drug-likeness (QED) is 0.479. The standard InChI is InChI=1S/C24H37NO4/c1-6-13-24(26,14-7-2)23-12-10-20(29-23)18-25(15-8-3)17-19-9-11-21(27-4)22(16-19)28-5/h9-12,16,26H,6-8,13-15,17-18H2,1-5H3. The van der Waals surface area contributed by atoms with E-state index < -0.39 is 5.60 Å². The number of hydrogen-bond donors (Lipinski definition) is 1. The van der Waals surface area contributed by atoms with Gasteiger partial charge in [0, 0.05) is 6.54 Å². The molecule has 1 aromatic heterocycles. The zero-order valence-electron chi connectivity index (χ0n) is 18.7. The lowest BCUT2D eigenvalue weighted by Gasteiger charge is -2.25. The zero-order chi connectivity index (χ0) is 21.3. The Morgan fingerprint density at radius 3 is 2.17 bits per heavy atom. The Morgan fingerprint density at radius 2 is 1.59 bits per heavy atom. The van der Waals surface area contributed by atoms with Crippen LogP contribution in [-0.4, -0.2) is 30.8 Å². The summed E-state index contributed by atoms with van der Waals surface area (Å²) in [6, 6.07) is 9.98. The van der Waals surface area contributed by atoms with E-state index in [1.807, 2.05) is 24.3 Å². The van der Waals surface area contributed by atoms with Crippen molar-refractivity contribution in [1.82, 2.24) is 4.90 Å². The van der Waals surface area contributed by atoms with Crippen LogP contribution in [0.15, 0.2) is 34.7 Å². The van der Waals surface area contributed by atoms with Gasteiger partial charge in [-0.2, -0.15) is 0 Å². The first kappa shape index (κ1) is 23.3. The van der Waals surface area contributed by atoms with E-state index in [1.165, 1.54) is 0 Å². The van der Waals surface area contributed by atoms with Crippen LogP contribution in [0.1, 0.15) is 70.0 Å². The van der Waals surface area contributed by atoms with Crippen LogP contribution in [-0.2, 0) is 18.7 Å². The summed E-state index contributed by atoms with van der Waals surface area (Å²) in [6.45, 7) is 8.82. The van der Waals surface area contributed by atoms with Gasteiger partial charge in [0.2, 0.25) is 0 Å². The van der Waals surface area contributed by atoms with Crippen molar-refractivity contribution in [3.63, 3.8) is 0 Å². The second kappa shape index (κ2) is 11.3. The predicted octanol–water partition coefficient (Wildman–Crippen LogP) is 5.50. The molecule has 0 amide bonds. The summed E-state index contributed by atoms with van der Waals surface area (Å²) in [5.41, 5.74) is 0.303.